The fourth-order valence-electron chi connectivity index (χ4n) is 3.54. The number of hydrogen-bond donors (Lipinski definition) is 1. The summed E-state index contributed by atoms with van der Waals surface area (Å²) < 4.78 is 5.41. The minimum atomic E-state index is -0.127. The Morgan fingerprint density at radius 3 is 2.66 bits per heavy atom. The van der Waals surface area contributed by atoms with E-state index < -0.39 is 0 Å². The first-order chi connectivity index (χ1) is 14.0. The topological polar surface area (TPSA) is 78.5 Å². The molecule has 1 fully saturated rings. The number of carbonyl (C=O) groups is 1. The molecule has 0 bridgehead atoms. The zero-order valence-corrected chi connectivity index (χ0v) is 19.0. The Labute approximate surface area is 178 Å². The van der Waals surface area contributed by atoms with Crippen LogP contribution < -0.4 is 5.56 Å². The SMILES string of the molecule is CCCCCCN(CCN1CCOCC1)C(=O)CCc1c(C)nc(SC)[nH]c1=O. The van der Waals surface area contributed by atoms with Gasteiger partial charge in [0.25, 0.3) is 5.56 Å². The van der Waals surface area contributed by atoms with Crippen LogP contribution in [0.1, 0.15) is 50.3 Å². The predicted molar refractivity (Wildman–Crippen MR) is 118 cm³/mol. The molecular formula is C21H36N4O3S. The van der Waals surface area contributed by atoms with Crippen molar-refractivity contribution in [1.82, 2.24) is 19.8 Å². The number of aryl methyl sites for hydroxylation is 1. The Hall–Kier alpha value is -1.38. The van der Waals surface area contributed by atoms with Crippen LogP contribution in [-0.4, -0.2) is 77.9 Å². The van der Waals surface area contributed by atoms with Gasteiger partial charge in [-0.15, -0.1) is 0 Å². The van der Waals surface area contributed by atoms with Crippen molar-refractivity contribution in [2.45, 2.75) is 57.5 Å². The van der Waals surface area contributed by atoms with Crippen LogP contribution >= 0.6 is 11.8 Å². The summed E-state index contributed by atoms with van der Waals surface area (Å²) in [5, 5.41) is 0.616. The van der Waals surface area contributed by atoms with Gasteiger partial charge >= 0.3 is 0 Å². The van der Waals surface area contributed by atoms with Crippen molar-refractivity contribution in [3.8, 4) is 0 Å². The summed E-state index contributed by atoms with van der Waals surface area (Å²) in [5.74, 6) is 0.127. The van der Waals surface area contributed by atoms with Gasteiger partial charge in [0.05, 0.1) is 13.2 Å². The van der Waals surface area contributed by atoms with Crippen LogP contribution in [0.3, 0.4) is 0 Å². The van der Waals surface area contributed by atoms with E-state index in [2.05, 4.69) is 21.8 Å². The molecule has 8 heteroatoms. The monoisotopic (exact) mass is 424 g/mol. The lowest BCUT2D eigenvalue weighted by atomic mass is 10.1. The third kappa shape index (κ3) is 8.10. The van der Waals surface area contributed by atoms with E-state index in [1.54, 1.807) is 0 Å². The molecule has 2 rings (SSSR count). The van der Waals surface area contributed by atoms with Gasteiger partial charge in [-0.05, 0) is 26.0 Å². The molecule has 1 aromatic heterocycles. The fraction of sp³-hybridized carbons (Fsp3) is 0.762. The summed E-state index contributed by atoms with van der Waals surface area (Å²) >= 11 is 1.41. The summed E-state index contributed by atoms with van der Waals surface area (Å²) in [6, 6.07) is 0. The molecule has 1 aromatic rings. The van der Waals surface area contributed by atoms with Gasteiger partial charge < -0.3 is 14.6 Å². The van der Waals surface area contributed by atoms with E-state index in [0.29, 0.717) is 29.3 Å². The molecule has 164 valence electrons. The van der Waals surface area contributed by atoms with Crippen molar-refractivity contribution in [3.05, 3.63) is 21.6 Å². The first kappa shape index (κ1) is 23.9. The largest absolute Gasteiger partial charge is 0.379 e. The lowest BCUT2D eigenvalue weighted by Crippen LogP contribution is -2.43. The number of hydrogen-bond acceptors (Lipinski definition) is 6. The Morgan fingerprint density at radius 1 is 1.24 bits per heavy atom. The van der Waals surface area contributed by atoms with E-state index >= 15 is 0 Å². The number of rotatable bonds is 12. The Kier molecular flexibility index (Phi) is 10.7. The third-order valence-corrected chi connectivity index (χ3v) is 5.99. The highest BCUT2D eigenvalue weighted by atomic mass is 32.2. The maximum Gasteiger partial charge on any atom is 0.254 e. The third-order valence-electron chi connectivity index (χ3n) is 5.41. The Balaban J connectivity index is 1.93. The summed E-state index contributed by atoms with van der Waals surface area (Å²) in [7, 11) is 0. The normalized spacial score (nSPS) is 14.9. The number of carbonyl (C=O) groups excluding carboxylic acids is 1. The van der Waals surface area contributed by atoms with Crippen LogP contribution in [0, 0.1) is 6.92 Å². The number of nitrogens with one attached hydrogen (secondary N) is 1. The summed E-state index contributed by atoms with van der Waals surface area (Å²) in [6.45, 7) is 9.85. The van der Waals surface area contributed by atoms with Crippen LogP contribution in [0.15, 0.2) is 9.95 Å². The second kappa shape index (κ2) is 13.0. The Morgan fingerprint density at radius 2 is 2.00 bits per heavy atom. The van der Waals surface area contributed by atoms with Gasteiger partial charge in [0.15, 0.2) is 5.16 Å². The van der Waals surface area contributed by atoms with Gasteiger partial charge in [-0.3, -0.25) is 14.5 Å². The number of nitrogens with zero attached hydrogens (tertiary/aromatic N) is 3. The zero-order valence-electron chi connectivity index (χ0n) is 18.2. The molecule has 0 aromatic carbocycles. The quantitative estimate of drug-likeness (QED) is 0.315. The molecule has 0 radical (unpaired) electrons. The minimum absolute atomic E-state index is 0.127. The van der Waals surface area contributed by atoms with Crippen molar-refractivity contribution < 1.29 is 9.53 Å². The van der Waals surface area contributed by atoms with Crippen LogP contribution in [-0.2, 0) is 16.0 Å². The van der Waals surface area contributed by atoms with Crippen LogP contribution in [0.5, 0.6) is 0 Å². The lowest BCUT2D eigenvalue weighted by molar-refractivity contribution is -0.131. The summed E-state index contributed by atoms with van der Waals surface area (Å²) in [5.41, 5.74) is 1.21. The molecule has 1 aliphatic rings. The average molecular weight is 425 g/mol. The zero-order chi connectivity index (χ0) is 21.1. The minimum Gasteiger partial charge on any atom is -0.379 e. The highest BCUT2D eigenvalue weighted by molar-refractivity contribution is 7.98. The van der Waals surface area contributed by atoms with Crippen LogP contribution in [0.25, 0.3) is 0 Å². The van der Waals surface area contributed by atoms with Gasteiger partial charge in [0, 0.05) is 50.4 Å². The van der Waals surface area contributed by atoms with Gasteiger partial charge in [0.2, 0.25) is 5.91 Å². The molecule has 1 N–H and O–H groups in total. The maximum atomic E-state index is 12.9. The highest BCUT2D eigenvalue weighted by Crippen LogP contribution is 2.11. The molecule has 1 saturated heterocycles. The van der Waals surface area contributed by atoms with Crippen molar-refractivity contribution in [1.29, 1.82) is 0 Å². The maximum absolute atomic E-state index is 12.9. The van der Waals surface area contributed by atoms with Gasteiger partial charge in [-0.2, -0.15) is 0 Å². The van der Waals surface area contributed by atoms with E-state index in [9.17, 15) is 9.59 Å². The number of amides is 1. The average Bonchev–Trinajstić information content (AvgIpc) is 2.73. The molecule has 0 saturated carbocycles. The number of H-pyrrole nitrogens is 1. The van der Waals surface area contributed by atoms with E-state index in [4.69, 9.17) is 4.74 Å². The van der Waals surface area contributed by atoms with E-state index in [1.807, 2.05) is 18.1 Å². The molecule has 2 heterocycles. The predicted octanol–water partition coefficient (Wildman–Crippen LogP) is 2.47. The number of thioether (sulfide) groups is 1. The first-order valence-corrected chi connectivity index (χ1v) is 12.0. The molecule has 29 heavy (non-hydrogen) atoms. The summed E-state index contributed by atoms with van der Waals surface area (Å²) in [6.07, 6.45) is 7.23. The second-order valence-corrected chi connectivity index (χ2v) is 8.33. The van der Waals surface area contributed by atoms with E-state index in [-0.39, 0.29) is 11.5 Å². The number of unbranched alkanes of at least 4 members (excludes halogenated alkanes) is 3. The van der Waals surface area contributed by atoms with Crippen molar-refractivity contribution in [2.24, 2.45) is 0 Å². The molecular weight excluding hydrogens is 388 g/mol. The first-order valence-electron chi connectivity index (χ1n) is 10.8. The molecule has 0 aliphatic carbocycles. The smallest absolute Gasteiger partial charge is 0.254 e. The van der Waals surface area contributed by atoms with Crippen LogP contribution in [0.4, 0.5) is 0 Å². The van der Waals surface area contributed by atoms with Crippen molar-refractivity contribution >= 4 is 17.7 Å². The molecule has 7 nitrogen and oxygen atoms in total. The standard InChI is InChI=1S/C21H36N4O3S/c1-4-5-6-7-10-25(12-11-24-13-15-28-16-14-24)19(26)9-8-18-17(2)22-21(29-3)23-20(18)27/h4-16H2,1-3H3,(H,22,23,27). The van der Waals surface area contributed by atoms with Crippen molar-refractivity contribution in [3.63, 3.8) is 0 Å². The van der Waals surface area contributed by atoms with Crippen LogP contribution in [0.2, 0.25) is 0 Å². The second-order valence-electron chi connectivity index (χ2n) is 7.53. The fourth-order valence-corrected chi connectivity index (χ4v) is 3.97. The number of aromatic nitrogens is 2. The van der Waals surface area contributed by atoms with Gasteiger partial charge in [0.1, 0.15) is 0 Å². The lowest BCUT2D eigenvalue weighted by Gasteiger charge is -2.30. The Bertz CT molecular complexity index is 689. The molecule has 1 aliphatic heterocycles. The number of aromatic amines is 1. The van der Waals surface area contributed by atoms with Gasteiger partial charge in [-0.1, -0.05) is 37.9 Å². The number of morpholine rings is 1. The van der Waals surface area contributed by atoms with E-state index in [1.165, 1.54) is 24.6 Å². The summed E-state index contributed by atoms with van der Waals surface area (Å²) in [4.78, 5) is 36.8. The molecule has 1 amide bonds. The van der Waals surface area contributed by atoms with Gasteiger partial charge in [-0.25, -0.2) is 4.98 Å². The number of ether oxygens (including phenoxy) is 1. The molecule has 0 atom stereocenters. The van der Waals surface area contributed by atoms with E-state index in [0.717, 1.165) is 58.8 Å². The molecule has 0 spiro atoms. The van der Waals surface area contributed by atoms with Crippen molar-refractivity contribution in [2.75, 3.05) is 52.2 Å². The molecule has 0 unspecified atom stereocenters. The highest BCUT2D eigenvalue weighted by Gasteiger charge is 2.18.